The number of nitrogens with zero attached hydrogens (tertiary/aromatic N) is 1. The number of hydrogen-bond acceptors (Lipinski definition) is 5. The van der Waals surface area contributed by atoms with E-state index in [2.05, 4.69) is 25.7 Å². The van der Waals surface area contributed by atoms with Crippen LogP contribution in [0.5, 0.6) is 0 Å². The fourth-order valence-corrected chi connectivity index (χ4v) is 2.66. The van der Waals surface area contributed by atoms with Gasteiger partial charge in [0.15, 0.2) is 5.13 Å². The van der Waals surface area contributed by atoms with Crippen molar-refractivity contribution in [3.8, 4) is 0 Å². The second kappa shape index (κ2) is 3.79. The molecule has 0 aliphatic heterocycles. The third kappa shape index (κ3) is 1.82. The van der Waals surface area contributed by atoms with Gasteiger partial charge in [0.25, 0.3) is 0 Å². The van der Waals surface area contributed by atoms with E-state index in [1.807, 2.05) is 0 Å². The first-order valence-corrected chi connectivity index (χ1v) is 5.66. The fraction of sp³-hybridized carbons (Fsp3) is 0.111. The number of fused-ring (bicyclic) bond motifs is 1. The highest BCUT2D eigenvalue weighted by molar-refractivity contribution is 9.10. The minimum atomic E-state index is -0.385. The number of halogens is 1. The number of rotatable bonds is 1. The predicted molar refractivity (Wildman–Crippen MR) is 63.1 cm³/mol. The number of benzene rings is 1. The average Bonchev–Trinajstić information content (AvgIpc) is 2.58. The van der Waals surface area contributed by atoms with Gasteiger partial charge in [0.2, 0.25) is 0 Å². The second-order valence-electron chi connectivity index (χ2n) is 2.85. The van der Waals surface area contributed by atoms with Crippen molar-refractivity contribution in [3.63, 3.8) is 0 Å². The lowest BCUT2D eigenvalue weighted by molar-refractivity contribution is 0.0601. The number of nitrogen functional groups attached to an aromatic ring is 1. The van der Waals surface area contributed by atoms with Gasteiger partial charge in [0.05, 0.1) is 22.9 Å². The Hall–Kier alpha value is -1.14. The van der Waals surface area contributed by atoms with Crippen molar-refractivity contribution in [1.82, 2.24) is 4.98 Å². The van der Waals surface area contributed by atoms with E-state index in [9.17, 15) is 4.79 Å². The van der Waals surface area contributed by atoms with E-state index in [1.54, 1.807) is 12.1 Å². The number of aromatic nitrogens is 1. The molecule has 0 radical (unpaired) electrons. The Morgan fingerprint density at radius 2 is 2.33 bits per heavy atom. The van der Waals surface area contributed by atoms with Crippen LogP contribution < -0.4 is 5.73 Å². The Morgan fingerprint density at radius 1 is 1.60 bits per heavy atom. The monoisotopic (exact) mass is 286 g/mol. The van der Waals surface area contributed by atoms with Crippen LogP contribution in [0.3, 0.4) is 0 Å². The smallest absolute Gasteiger partial charge is 0.337 e. The van der Waals surface area contributed by atoms with Crippen molar-refractivity contribution in [2.24, 2.45) is 0 Å². The summed E-state index contributed by atoms with van der Waals surface area (Å²) in [5.41, 5.74) is 6.75. The molecule has 2 N–H and O–H groups in total. The van der Waals surface area contributed by atoms with E-state index < -0.39 is 0 Å². The Bertz CT molecular complexity index is 538. The zero-order chi connectivity index (χ0) is 11.0. The van der Waals surface area contributed by atoms with Crippen molar-refractivity contribution in [2.75, 3.05) is 12.8 Å². The van der Waals surface area contributed by atoms with Crippen molar-refractivity contribution >= 4 is 48.6 Å². The highest BCUT2D eigenvalue weighted by atomic mass is 79.9. The molecule has 0 aliphatic rings. The molecular formula is C9H7BrN2O2S. The van der Waals surface area contributed by atoms with Gasteiger partial charge in [-0.1, -0.05) is 11.3 Å². The standard InChI is InChI=1S/C9H7BrN2O2S/c1-14-8(13)4-2-5(10)7-6(3-4)12-9(11)15-7/h2-3H,1H3,(H2,11,12). The van der Waals surface area contributed by atoms with Crippen molar-refractivity contribution in [2.45, 2.75) is 0 Å². The summed E-state index contributed by atoms with van der Waals surface area (Å²) in [5.74, 6) is -0.385. The van der Waals surface area contributed by atoms with Gasteiger partial charge in [-0.25, -0.2) is 9.78 Å². The molecule has 78 valence electrons. The van der Waals surface area contributed by atoms with E-state index in [1.165, 1.54) is 18.4 Å². The summed E-state index contributed by atoms with van der Waals surface area (Å²) in [4.78, 5) is 15.4. The molecule has 0 aliphatic carbocycles. The average molecular weight is 287 g/mol. The molecule has 2 aromatic rings. The molecule has 4 nitrogen and oxygen atoms in total. The van der Waals surface area contributed by atoms with Gasteiger partial charge in [-0.05, 0) is 28.1 Å². The Balaban J connectivity index is 2.66. The van der Waals surface area contributed by atoms with Crippen molar-refractivity contribution in [3.05, 3.63) is 22.2 Å². The van der Waals surface area contributed by atoms with Crippen LogP contribution in [0.2, 0.25) is 0 Å². The summed E-state index contributed by atoms with van der Waals surface area (Å²) in [7, 11) is 1.34. The van der Waals surface area contributed by atoms with Gasteiger partial charge in [-0.2, -0.15) is 0 Å². The quantitative estimate of drug-likeness (QED) is 0.818. The van der Waals surface area contributed by atoms with E-state index in [-0.39, 0.29) is 5.97 Å². The maximum Gasteiger partial charge on any atom is 0.337 e. The molecule has 0 spiro atoms. The number of ether oxygens (including phenoxy) is 1. The van der Waals surface area contributed by atoms with Gasteiger partial charge >= 0.3 is 5.97 Å². The molecule has 0 atom stereocenters. The maximum atomic E-state index is 11.3. The van der Waals surface area contributed by atoms with Crippen LogP contribution in [-0.4, -0.2) is 18.1 Å². The predicted octanol–water partition coefficient (Wildman–Crippen LogP) is 2.43. The molecule has 1 heterocycles. The Kier molecular flexibility index (Phi) is 2.62. The van der Waals surface area contributed by atoms with Crippen LogP contribution in [0.25, 0.3) is 10.2 Å². The van der Waals surface area contributed by atoms with Gasteiger partial charge in [0, 0.05) is 4.47 Å². The number of esters is 1. The summed E-state index contributed by atoms with van der Waals surface area (Å²) in [6.45, 7) is 0. The lowest BCUT2D eigenvalue weighted by atomic mass is 10.2. The number of anilines is 1. The van der Waals surface area contributed by atoms with Crippen molar-refractivity contribution in [1.29, 1.82) is 0 Å². The zero-order valence-electron chi connectivity index (χ0n) is 7.78. The lowest BCUT2D eigenvalue weighted by Gasteiger charge is -1.99. The van der Waals surface area contributed by atoms with E-state index in [4.69, 9.17) is 5.73 Å². The van der Waals surface area contributed by atoms with Crippen LogP contribution in [-0.2, 0) is 4.74 Å². The minimum absolute atomic E-state index is 0.385. The van der Waals surface area contributed by atoms with E-state index in [0.717, 1.165) is 9.17 Å². The lowest BCUT2D eigenvalue weighted by Crippen LogP contribution is -2.00. The number of methoxy groups -OCH3 is 1. The summed E-state index contributed by atoms with van der Waals surface area (Å²) < 4.78 is 6.36. The molecule has 1 aromatic heterocycles. The summed E-state index contributed by atoms with van der Waals surface area (Å²) in [6.07, 6.45) is 0. The van der Waals surface area contributed by atoms with E-state index in [0.29, 0.717) is 16.2 Å². The molecule has 0 amide bonds. The number of nitrogens with two attached hydrogens (primary N) is 1. The summed E-state index contributed by atoms with van der Waals surface area (Å²) in [5, 5.41) is 0.479. The van der Waals surface area contributed by atoms with Crippen LogP contribution in [0.1, 0.15) is 10.4 Å². The highest BCUT2D eigenvalue weighted by Gasteiger charge is 2.12. The molecule has 0 fully saturated rings. The summed E-state index contributed by atoms with van der Waals surface area (Å²) >= 11 is 4.74. The van der Waals surface area contributed by atoms with E-state index >= 15 is 0 Å². The third-order valence-electron chi connectivity index (χ3n) is 1.88. The number of carbonyl (C=O) groups excluding carboxylic acids is 1. The van der Waals surface area contributed by atoms with Crippen LogP contribution in [0.4, 0.5) is 5.13 Å². The summed E-state index contributed by atoms with van der Waals surface area (Å²) in [6, 6.07) is 3.37. The van der Waals surface area contributed by atoms with Gasteiger partial charge in [0.1, 0.15) is 0 Å². The Morgan fingerprint density at radius 3 is 3.00 bits per heavy atom. The fourth-order valence-electron chi connectivity index (χ4n) is 1.24. The Labute approximate surface area is 98.2 Å². The molecule has 1 aromatic carbocycles. The molecule has 2 rings (SSSR count). The topological polar surface area (TPSA) is 65.2 Å². The molecule has 0 bridgehead atoms. The molecule has 0 saturated carbocycles. The van der Waals surface area contributed by atoms with Gasteiger partial charge in [-0.3, -0.25) is 0 Å². The molecule has 0 unspecified atom stereocenters. The first-order chi connectivity index (χ1) is 7.11. The largest absolute Gasteiger partial charge is 0.465 e. The van der Waals surface area contributed by atoms with Crippen molar-refractivity contribution < 1.29 is 9.53 Å². The first kappa shape index (κ1) is 10.4. The third-order valence-corrected chi connectivity index (χ3v) is 3.70. The van der Waals surface area contributed by atoms with Gasteiger partial charge < -0.3 is 10.5 Å². The molecule has 6 heteroatoms. The molecular weight excluding hydrogens is 280 g/mol. The normalized spacial score (nSPS) is 10.5. The van der Waals surface area contributed by atoms with Crippen LogP contribution >= 0.6 is 27.3 Å². The number of hydrogen-bond donors (Lipinski definition) is 1. The minimum Gasteiger partial charge on any atom is -0.465 e. The first-order valence-electron chi connectivity index (χ1n) is 4.05. The zero-order valence-corrected chi connectivity index (χ0v) is 10.2. The van der Waals surface area contributed by atoms with Crippen LogP contribution in [0, 0.1) is 0 Å². The second-order valence-corrected chi connectivity index (χ2v) is 4.73. The number of thiazole rings is 1. The molecule has 0 saturated heterocycles. The highest BCUT2D eigenvalue weighted by Crippen LogP contribution is 2.32. The van der Waals surface area contributed by atoms with Crippen LogP contribution in [0.15, 0.2) is 16.6 Å². The maximum absolute atomic E-state index is 11.3. The SMILES string of the molecule is COC(=O)c1cc(Br)c2sc(N)nc2c1. The number of carbonyl (C=O) groups is 1. The van der Waals surface area contributed by atoms with Gasteiger partial charge in [-0.15, -0.1) is 0 Å². The molecule has 15 heavy (non-hydrogen) atoms.